The van der Waals surface area contributed by atoms with E-state index in [1.54, 1.807) is 0 Å². The summed E-state index contributed by atoms with van der Waals surface area (Å²) in [6.07, 6.45) is 6.91. The molecule has 106 valence electrons. The zero-order valence-corrected chi connectivity index (χ0v) is 12.1. The number of hydrogen-bond acceptors (Lipinski definition) is 3. The van der Waals surface area contributed by atoms with E-state index < -0.39 is 10.0 Å². The van der Waals surface area contributed by atoms with Gasteiger partial charge in [-0.05, 0) is 31.2 Å². The van der Waals surface area contributed by atoms with Crippen LogP contribution in [-0.4, -0.2) is 33.3 Å². The molecule has 2 N–H and O–H groups in total. The fourth-order valence-electron chi connectivity index (χ4n) is 3.03. The Bertz CT molecular complexity index is 342. The van der Waals surface area contributed by atoms with Crippen molar-refractivity contribution in [3.63, 3.8) is 0 Å². The Balaban J connectivity index is 1.68. The van der Waals surface area contributed by atoms with Gasteiger partial charge in [0.15, 0.2) is 0 Å². The second kappa shape index (κ2) is 6.35. The predicted molar refractivity (Wildman–Crippen MR) is 73.9 cm³/mol. The van der Waals surface area contributed by atoms with Crippen molar-refractivity contribution in [3.8, 4) is 0 Å². The summed E-state index contributed by atoms with van der Waals surface area (Å²) in [5, 5.41) is 2.89. The van der Waals surface area contributed by atoms with Crippen molar-refractivity contribution in [2.75, 3.05) is 19.6 Å². The maximum Gasteiger partial charge on any atom is 0.215 e. The molecule has 1 heterocycles. The van der Waals surface area contributed by atoms with Crippen LogP contribution in [-0.2, 0) is 10.0 Å². The lowest BCUT2D eigenvalue weighted by molar-refractivity contribution is 0.278. The van der Waals surface area contributed by atoms with Crippen LogP contribution in [0, 0.1) is 11.8 Å². The molecule has 1 unspecified atom stereocenters. The van der Waals surface area contributed by atoms with Gasteiger partial charge >= 0.3 is 0 Å². The Morgan fingerprint density at radius 3 is 2.50 bits per heavy atom. The second-order valence-corrected chi connectivity index (χ2v) is 8.01. The Labute approximate surface area is 111 Å². The van der Waals surface area contributed by atoms with E-state index >= 15 is 0 Å². The Morgan fingerprint density at radius 1 is 1.17 bits per heavy atom. The molecule has 1 aliphatic carbocycles. The first-order valence-electron chi connectivity index (χ1n) is 7.27. The molecule has 0 amide bonds. The van der Waals surface area contributed by atoms with Crippen molar-refractivity contribution in [3.05, 3.63) is 0 Å². The van der Waals surface area contributed by atoms with Crippen LogP contribution in [0.25, 0.3) is 0 Å². The third-order valence-electron chi connectivity index (χ3n) is 4.45. The van der Waals surface area contributed by atoms with E-state index in [0.717, 1.165) is 31.2 Å². The highest BCUT2D eigenvalue weighted by molar-refractivity contribution is 7.90. The smallest absolute Gasteiger partial charge is 0.215 e. The minimum Gasteiger partial charge on any atom is -0.315 e. The van der Waals surface area contributed by atoms with Crippen molar-refractivity contribution < 1.29 is 8.42 Å². The molecule has 0 aromatic rings. The lowest BCUT2D eigenvalue weighted by Gasteiger charge is -2.26. The molecule has 5 heteroatoms. The molecule has 2 fully saturated rings. The third-order valence-corrected chi connectivity index (χ3v) is 6.33. The van der Waals surface area contributed by atoms with Gasteiger partial charge in [0.25, 0.3) is 0 Å². The van der Waals surface area contributed by atoms with Crippen LogP contribution in [0.4, 0.5) is 0 Å². The molecule has 0 radical (unpaired) electrons. The zero-order chi connectivity index (χ0) is 13.0. The largest absolute Gasteiger partial charge is 0.315 e. The third kappa shape index (κ3) is 3.93. The topological polar surface area (TPSA) is 58.2 Å². The fraction of sp³-hybridized carbons (Fsp3) is 1.00. The standard InChI is InChI=1S/C13H26N2O2S/c1-11-2-4-12(5-3-11)6-9-15-18(16,17)13-7-8-14-10-13/h11-15H,2-10H2,1H3. The summed E-state index contributed by atoms with van der Waals surface area (Å²) in [5.41, 5.74) is 0. The van der Waals surface area contributed by atoms with Gasteiger partial charge in [0.2, 0.25) is 10.0 Å². The van der Waals surface area contributed by atoms with Gasteiger partial charge in [-0.3, -0.25) is 0 Å². The SMILES string of the molecule is CC1CCC(CCNS(=O)(=O)C2CCNC2)CC1. The number of nitrogens with one attached hydrogen (secondary N) is 2. The lowest BCUT2D eigenvalue weighted by atomic mass is 9.81. The minimum atomic E-state index is -3.08. The molecule has 18 heavy (non-hydrogen) atoms. The Hall–Kier alpha value is -0.130. The summed E-state index contributed by atoms with van der Waals surface area (Å²) in [6.45, 7) is 4.37. The molecule has 1 atom stereocenters. The van der Waals surface area contributed by atoms with E-state index in [9.17, 15) is 8.42 Å². The van der Waals surface area contributed by atoms with Gasteiger partial charge in [0.05, 0.1) is 5.25 Å². The lowest BCUT2D eigenvalue weighted by Crippen LogP contribution is -2.36. The molecule has 2 rings (SSSR count). The van der Waals surface area contributed by atoms with Gasteiger partial charge in [-0.15, -0.1) is 0 Å². The highest BCUT2D eigenvalue weighted by Crippen LogP contribution is 2.30. The quantitative estimate of drug-likeness (QED) is 0.798. The molecule has 0 spiro atoms. The first-order valence-corrected chi connectivity index (χ1v) is 8.82. The highest BCUT2D eigenvalue weighted by Gasteiger charge is 2.28. The second-order valence-electron chi connectivity index (χ2n) is 5.97. The molecule has 4 nitrogen and oxygen atoms in total. The summed E-state index contributed by atoms with van der Waals surface area (Å²) in [6, 6.07) is 0. The highest BCUT2D eigenvalue weighted by atomic mass is 32.2. The van der Waals surface area contributed by atoms with Gasteiger partial charge in [0, 0.05) is 13.1 Å². The van der Waals surface area contributed by atoms with Crippen molar-refractivity contribution >= 4 is 10.0 Å². The summed E-state index contributed by atoms with van der Waals surface area (Å²) in [7, 11) is -3.08. The van der Waals surface area contributed by atoms with Crippen LogP contribution in [0.2, 0.25) is 0 Å². The van der Waals surface area contributed by atoms with Crippen LogP contribution in [0.1, 0.15) is 45.4 Å². The Kier molecular flexibility index (Phi) is 5.04. The fourth-order valence-corrected chi connectivity index (χ4v) is 4.44. The van der Waals surface area contributed by atoms with Crippen LogP contribution >= 0.6 is 0 Å². The number of sulfonamides is 1. The Morgan fingerprint density at radius 2 is 1.89 bits per heavy atom. The van der Waals surface area contributed by atoms with E-state index in [1.165, 1.54) is 25.7 Å². The number of hydrogen-bond donors (Lipinski definition) is 2. The first-order chi connectivity index (χ1) is 8.58. The van der Waals surface area contributed by atoms with E-state index in [0.29, 0.717) is 13.1 Å². The van der Waals surface area contributed by atoms with E-state index in [-0.39, 0.29) is 5.25 Å². The van der Waals surface area contributed by atoms with Crippen molar-refractivity contribution in [2.24, 2.45) is 11.8 Å². The molecule has 2 aliphatic rings. The van der Waals surface area contributed by atoms with E-state index in [2.05, 4.69) is 17.0 Å². The van der Waals surface area contributed by atoms with Crippen LogP contribution in [0.3, 0.4) is 0 Å². The summed E-state index contributed by atoms with van der Waals surface area (Å²) in [4.78, 5) is 0. The predicted octanol–water partition coefficient (Wildman–Crippen LogP) is 1.48. The van der Waals surface area contributed by atoms with Gasteiger partial charge in [-0.25, -0.2) is 13.1 Å². The first kappa shape index (κ1) is 14.3. The molecule has 0 aromatic carbocycles. The monoisotopic (exact) mass is 274 g/mol. The van der Waals surface area contributed by atoms with Crippen LogP contribution in [0.5, 0.6) is 0 Å². The van der Waals surface area contributed by atoms with Crippen molar-refractivity contribution in [1.82, 2.24) is 10.0 Å². The summed E-state index contributed by atoms with van der Waals surface area (Å²) < 4.78 is 26.7. The maximum atomic E-state index is 12.0. The summed E-state index contributed by atoms with van der Waals surface area (Å²) in [5.74, 6) is 1.59. The molecular formula is C13H26N2O2S. The van der Waals surface area contributed by atoms with Gasteiger partial charge in [-0.1, -0.05) is 32.6 Å². The van der Waals surface area contributed by atoms with Gasteiger partial charge in [-0.2, -0.15) is 0 Å². The molecular weight excluding hydrogens is 248 g/mol. The van der Waals surface area contributed by atoms with E-state index in [1.807, 2.05) is 0 Å². The summed E-state index contributed by atoms with van der Waals surface area (Å²) >= 11 is 0. The average molecular weight is 274 g/mol. The molecule has 1 saturated carbocycles. The number of rotatable bonds is 5. The average Bonchev–Trinajstić information content (AvgIpc) is 2.86. The minimum absolute atomic E-state index is 0.219. The normalized spacial score (nSPS) is 33.7. The zero-order valence-electron chi connectivity index (χ0n) is 11.3. The molecule has 0 aromatic heterocycles. The molecule has 1 saturated heterocycles. The molecule has 0 bridgehead atoms. The molecule has 1 aliphatic heterocycles. The van der Waals surface area contributed by atoms with Crippen molar-refractivity contribution in [2.45, 2.75) is 50.7 Å². The maximum absolute atomic E-state index is 12.0. The van der Waals surface area contributed by atoms with Crippen LogP contribution < -0.4 is 10.0 Å². The van der Waals surface area contributed by atoms with Gasteiger partial charge < -0.3 is 5.32 Å². The van der Waals surface area contributed by atoms with Crippen LogP contribution in [0.15, 0.2) is 0 Å². The van der Waals surface area contributed by atoms with Crippen molar-refractivity contribution in [1.29, 1.82) is 0 Å². The van der Waals surface area contributed by atoms with Gasteiger partial charge in [0.1, 0.15) is 0 Å². The van der Waals surface area contributed by atoms with E-state index in [4.69, 9.17) is 0 Å².